The smallest absolute Gasteiger partial charge is 0.228 e. The second-order valence-electron chi connectivity index (χ2n) is 7.12. The van der Waals surface area contributed by atoms with Gasteiger partial charge in [-0.15, -0.1) is 10.2 Å². The minimum atomic E-state index is -0.0325. The van der Waals surface area contributed by atoms with Gasteiger partial charge in [0, 0.05) is 24.3 Å². The average Bonchev–Trinajstić information content (AvgIpc) is 2.75. The van der Waals surface area contributed by atoms with Crippen LogP contribution in [0, 0.1) is 0 Å². The van der Waals surface area contributed by atoms with E-state index in [1.54, 1.807) is 0 Å². The van der Waals surface area contributed by atoms with Gasteiger partial charge in [-0.1, -0.05) is 42.5 Å². The Kier molecular flexibility index (Phi) is 5.61. The Hall–Kier alpha value is -3.21. The molecule has 4 rings (SSSR count). The first-order valence-corrected chi connectivity index (χ1v) is 9.81. The summed E-state index contributed by atoms with van der Waals surface area (Å²) in [6.45, 7) is 2.11. The van der Waals surface area contributed by atoms with Crippen molar-refractivity contribution in [1.82, 2.24) is 10.2 Å². The number of carbonyl (C=O) groups is 1. The highest BCUT2D eigenvalue weighted by atomic mass is 16.1. The molecule has 28 heavy (non-hydrogen) atoms. The number of hydrogen-bond donors (Lipinski definition) is 1. The van der Waals surface area contributed by atoms with Crippen LogP contribution >= 0.6 is 0 Å². The van der Waals surface area contributed by atoms with E-state index in [4.69, 9.17) is 0 Å². The molecule has 0 atom stereocenters. The van der Waals surface area contributed by atoms with E-state index in [9.17, 15) is 4.79 Å². The molecule has 1 aliphatic rings. The van der Waals surface area contributed by atoms with Gasteiger partial charge in [0.25, 0.3) is 0 Å². The topological polar surface area (TPSA) is 58.1 Å². The van der Waals surface area contributed by atoms with Crippen molar-refractivity contribution in [2.24, 2.45) is 0 Å². The summed E-state index contributed by atoms with van der Waals surface area (Å²) in [5.74, 6) is 0.908. The van der Waals surface area contributed by atoms with Gasteiger partial charge >= 0.3 is 0 Å². The van der Waals surface area contributed by atoms with Crippen LogP contribution in [-0.4, -0.2) is 29.2 Å². The highest BCUT2D eigenvalue weighted by Gasteiger charge is 2.13. The monoisotopic (exact) mass is 372 g/mol. The Morgan fingerprint density at radius 1 is 0.893 bits per heavy atom. The average molecular weight is 372 g/mol. The van der Waals surface area contributed by atoms with Crippen LogP contribution < -0.4 is 10.2 Å². The van der Waals surface area contributed by atoms with E-state index in [0.717, 1.165) is 41.4 Å². The first kappa shape index (κ1) is 18.2. The molecular weight excluding hydrogens is 348 g/mol. The van der Waals surface area contributed by atoms with Crippen molar-refractivity contribution >= 4 is 17.4 Å². The number of nitrogens with zero attached hydrogens (tertiary/aromatic N) is 3. The summed E-state index contributed by atoms with van der Waals surface area (Å²) in [6, 6.07) is 21.5. The Labute approximate surface area is 165 Å². The molecule has 0 radical (unpaired) electrons. The lowest BCUT2D eigenvalue weighted by Crippen LogP contribution is -2.30. The molecule has 1 aromatic heterocycles. The first-order chi connectivity index (χ1) is 13.8. The highest BCUT2D eigenvalue weighted by molar-refractivity contribution is 5.92. The third-order valence-electron chi connectivity index (χ3n) is 4.98. The third-order valence-corrected chi connectivity index (χ3v) is 4.98. The first-order valence-electron chi connectivity index (χ1n) is 9.81. The number of nitrogens with one attached hydrogen (secondary N) is 1. The number of aromatic nitrogens is 2. The van der Waals surface area contributed by atoms with E-state index in [-0.39, 0.29) is 5.91 Å². The molecule has 0 spiro atoms. The molecule has 2 aromatic carbocycles. The van der Waals surface area contributed by atoms with Crippen LogP contribution in [0.25, 0.3) is 11.3 Å². The van der Waals surface area contributed by atoms with Gasteiger partial charge in [-0.05, 0) is 49.1 Å². The summed E-state index contributed by atoms with van der Waals surface area (Å²) in [5.41, 5.74) is 3.51. The summed E-state index contributed by atoms with van der Waals surface area (Å²) >= 11 is 0. The molecule has 1 amide bonds. The molecule has 1 aliphatic heterocycles. The Bertz CT molecular complexity index is 919. The third kappa shape index (κ3) is 4.55. The fraction of sp³-hybridized carbons (Fsp3) is 0.261. The van der Waals surface area contributed by atoms with Gasteiger partial charge in [-0.25, -0.2) is 0 Å². The van der Waals surface area contributed by atoms with E-state index in [1.807, 2.05) is 66.7 Å². The molecule has 2 heterocycles. The zero-order valence-electron chi connectivity index (χ0n) is 15.8. The molecule has 0 saturated carbocycles. The summed E-state index contributed by atoms with van der Waals surface area (Å²) in [4.78, 5) is 14.6. The largest absolute Gasteiger partial charge is 0.355 e. The standard InChI is InChI=1S/C23H24N4O/c28-23(16-18-8-3-1-4-9-18)24-20-11-7-10-19(17-20)21-12-13-22(26-25-21)27-14-5-2-6-15-27/h1,3-4,7-13,17H,2,5-6,14-16H2,(H,24,28). The van der Waals surface area contributed by atoms with Crippen LogP contribution in [-0.2, 0) is 11.2 Å². The van der Waals surface area contributed by atoms with Gasteiger partial charge in [-0.3, -0.25) is 4.79 Å². The van der Waals surface area contributed by atoms with Crippen molar-refractivity contribution in [2.75, 3.05) is 23.3 Å². The molecule has 5 heteroatoms. The van der Waals surface area contributed by atoms with E-state index in [0.29, 0.717) is 6.42 Å². The minimum absolute atomic E-state index is 0.0325. The number of benzene rings is 2. The van der Waals surface area contributed by atoms with Crippen LogP contribution in [0.5, 0.6) is 0 Å². The zero-order valence-corrected chi connectivity index (χ0v) is 15.8. The van der Waals surface area contributed by atoms with Crippen molar-refractivity contribution in [2.45, 2.75) is 25.7 Å². The normalized spacial score (nSPS) is 13.9. The van der Waals surface area contributed by atoms with Crippen LogP contribution in [0.3, 0.4) is 0 Å². The number of anilines is 2. The quantitative estimate of drug-likeness (QED) is 0.725. The van der Waals surface area contributed by atoms with E-state index < -0.39 is 0 Å². The SMILES string of the molecule is O=C(Cc1ccccc1)Nc1cccc(-c2ccc(N3CCCCC3)nn2)c1. The van der Waals surface area contributed by atoms with Crippen molar-refractivity contribution in [3.63, 3.8) is 0 Å². The molecule has 0 bridgehead atoms. The lowest BCUT2D eigenvalue weighted by atomic mass is 10.1. The number of amides is 1. The van der Waals surface area contributed by atoms with E-state index in [2.05, 4.69) is 20.4 Å². The predicted octanol–water partition coefficient (Wildman–Crippen LogP) is 4.32. The number of carbonyl (C=O) groups excluding carboxylic acids is 1. The van der Waals surface area contributed by atoms with Crippen molar-refractivity contribution in [3.8, 4) is 11.3 Å². The highest BCUT2D eigenvalue weighted by Crippen LogP contribution is 2.23. The fourth-order valence-electron chi connectivity index (χ4n) is 3.51. The molecule has 1 fully saturated rings. The molecular formula is C23H24N4O. The number of piperidine rings is 1. The van der Waals surface area contributed by atoms with Gasteiger partial charge in [0.1, 0.15) is 0 Å². The molecule has 5 nitrogen and oxygen atoms in total. The minimum Gasteiger partial charge on any atom is -0.355 e. The summed E-state index contributed by atoms with van der Waals surface area (Å²) in [6.07, 6.45) is 4.09. The number of hydrogen-bond acceptors (Lipinski definition) is 4. The maximum atomic E-state index is 12.3. The maximum absolute atomic E-state index is 12.3. The van der Waals surface area contributed by atoms with Gasteiger partial charge in [-0.2, -0.15) is 0 Å². The maximum Gasteiger partial charge on any atom is 0.228 e. The van der Waals surface area contributed by atoms with E-state index in [1.165, 1.54) is 19.3 Å². The van der Waals surface area contributed by atoms with Crippen LogP contribution in [0.4, 0.5) is 11.5 Å². The lowest BCUT2D eigenvalue weighted by molar-refractivity contribution is -0.115. The Morgan fingerprint density at radius 3 is 2.46 bits per heavy atom. The summed E-state index contributed by atoms with van der Waals surface area (Å²) < 4.78 is 0. The van der Waals surface area contributed by atoms with Gasteiger partial charge < -0.3 is 10.2 Å². The second-order valence-corrected chi connectivity index (χ2v) is 7.12. The van der Waals surface area contributed by atoms with Crippen molar-refractivity contribution < 1.29 is 4.79 Å². The lowest BCUT2D eigenvalue weighted by Gasteiger charge is -2.27. The molecule has 0 aliphatic carbocycles. The van der Waals surface area contributed by atoms with E-state index >= 15 is 0 Å². The number of rotatable bonds is 5. The summed E-state index contributed by atoms with van der Waals surface area (Å²) in [7, 11) is 0. The van der Waals surface area contributed by atoms with Crippen LogP contribution in [0.2, 0.25) is 0 Å². The van der Waals surface area contributed by atoms with Crippen molar-refractivity contribution in [3.05, 3.63) is 72.3 Å². The van der Waals surface area contributed by atoms with Crippen molar-refractivity contribution in [1.29, 1.82) is 0 Å². The van der Waals surface area contributed by atoms with Gasteiger partial charge in [0.15, 0.2) is 5.82 Å². The summed E-state index contributed by atoms with van der Waals surface area (Å²) in [5, 5.41) is 11.8. The molecule has 3 aromatic rings. The van der Waals surface area contributed by atoms with Crippen LogP contribution in [0.15, 0.2) is 66.7 Å². The molecule has 1 saturated heterocycles. The van der Waals surface area contributed by atoms with Gasteiger partial charge in [0.05, 0.1) is 12.1 Å². The fourth-order valence-corrected chi connectivity index (χ4v) is 3.51. The van der Waals surface area contributed by atoms with Crippen LogP contribution in [0.1, 0.15) is 24.8 Å². The Morgan fingerprint density at radius 2 is 1.71 bits per heavy atom. The predicted molar refractivity (Wildman–Crippen MR) is 112 cm³/mol. The molecule has 142 valence electrons. The van der Waals surface area contributed by atoms with Gasteiger partial charge in [0.2, 0.25) is 5.91 Å². The molecule has 1 N–H and O–H groups in total. The second kappa shape index (κ2) is 8.65. The Balaban J connectivity index is 1.43. The zero-order chi connectivity index (χ0) is 19.2. The molecule has 0 unspecified atom stereocenters.